The Kier molecular flexibility index (Phi) is 5.91. The third kappa shape index (κ3) is 4.23. The number of hydrogen-bond acceptors (Lipinski definition) is 6. The second-order valence-corrected chi connectivity index (χ2v) is 6.29. The third-order valence-electron chi connectivity index (χ3n) is 3.75. The molecule has 0 atom stereocenters. The monoisotopic (exact) mass is 369 g/mol. The van der Waals surface area contributed by atoms with Gasteiger partial charge in [-0.3, -0.25) is 4.79 Å². The summed E-state index contributed by atoms with van der Waals surface area (Å²) in [6.07, 6.45) is 0. The number of methoxy groups -OCH3 is 1. The number of para-hydroxylation sites is 1. The number of amides is 1. The molecule has 7 heteroatoms. The van der Waals surface area contributed by atoms with Crippen LogP contribution in [0.15, 0.2) is 64.2 Å². The van der Waals surface area contributed by atoms with E-state index in [1.807, 2.05) is 61.5 Å². The number of ether oxygens (including phenoxy) is 1. The molecule has 26 heavy (non-hydrogen) atoms. The molecule has 1 heterocycles. The van der Waals surface area contributed by atoms with E-state index in [2.05, 4.69) is 10.2 Å². The van der Waals surface area contributed by atoms with Gasteiger partial charge >= 0.3 is 0 Å². The van der Waals surface area contributed by atoms with Crippen molar-refractivity contribution < 1.29 is 13.9 Å². The van der Waals surface area contributed by atoms with Gasteiger partial charge in [0.2, 0.25) is 11.8 Å². The van der Waals surface area contributed by atoms with Crippen LogP contribution in [0, 0.1) is 0 Å². The number of benzene rings is 2. The maximum Gasteiger partial charge on any atom is 0.277 e. The molecule has 0 saturated carbocycles. The predicted molar refractivity (Wildman–Crippen MR) is 101 cm³/mol. The first-order chi connectivity index (χ1) is 12.7. The number of carbonyl (C=O) groups is 1. The minimum Gasteiger partial charge on any atom is -0.497 e. The molecule has 3 aromatic rings. The molecule has 0 radical (unpaired) electrons. The Morgan fingerprint density at radius 3 is 2.50 bits per heavy atom. The number of nitrogens with zero attached hydrogens (tertiary/aromatic N) is 3. The summed E-state index contributed by atoms with van der Waals surface area (Å²) in [5.41, 5.74) is 1.68. The lowest BCUT2D eigenvalue weighted by Gasteiger charge is -2.20. The van der Waals surface area contributed by atoms with Crippen LogP contribution in [-0.4, -0.2) is 35.5 Å². The summed E-state index contributed by atoms with van der Waals surface area (Å²) in [7, 11) is 1.61. The molecule has 2 aromatic carbocycles. The van der Waals surface area contributed by atoms with Crippen molar-refractivity contribution in [2.75, 3.05) is 24.3 Å². The zero-order valence-corrected chi connectivity index (χ0v) is 15.4. The van der Waals surface area contributed by atoms with Crippen LogP contribution >= 0.6 is 11.8 Å². The fraction of sp³-hybridized carbons (Fsp3) is 0.211. The lowest BCUT2D eigenvalue weighted by Crippen LogP contribution is -2.32. The molecule has 0 spiro atoms. The number of aromatic nitrogens is 2. The molecular weight excluding hydrogens is 350 g/mol. The van der Waals surface area contributed by atoms with E-state index in [1.165, 1.54) is 11.8 Å². The van der Waals surface area contributed by atoms with Gasteiger partial charge in [-0.25, -0.2) is 0 Å². The first-order valence-electron chi connectivity index (χ1n) is 8.17. The van der Waals surface area contributed by atoms with Gasteiger partial charge in [0.25, 0.3) is 5.22 Å². The highest BCUT2D eigenvalue weighted by atomic mass is 32.2. The van der Waals surface area contributed by atoms with Gasteiger partial charge in [0.15, 0.2) is 0 Å². The predicted octanol–water partition coefficient (Wildman–Crippen LogP) is 3.89. The van der Waals surface area contributed by atoms with Crippen LogP contribution in [0.5, 0.6) is 5.75 Å². The van der Waals surface area contributed by atoms with Crippen molar-refractivity contribution in [2.45, 2.75) is 12.1 Å². The minimum absolute atomic E-state index is 0.00658. The Morgan fingerprint density at radius 1 is 1.12 bits per heavy atom. The summed E-state index contributed by atoms with van der Waals surface area (Å²) >= 11 is 1.23. The summed E-state index contributed by atoms with van der Waals surface area (Å²) < 4.78 is 10.8. The number of anilines is 1. The van der Waals surface area contributed by atoms with Crippen LogP contribution in [0.4, 0.5) is 5.69 Å². The quantitative estimate of drug-likeness (QED) is 0.589. The van der Waals surface area contributed by atoms with Crippen LogP contribution < -0.4 is 9.64 Å². The smallest absolute Gasteiger partial charge is 0.277 e. The fourth-order valence-electron chi connectivity index (χ4n) is 2.43. The number of thioether (sulfide) groups is 1. The molecule has 3 rings (SSSR count). The Hall–Kier alpha value is -2.80. The van der Waals surface area contributed by atoms with E-state index >= 15 is 0 Å². The zero-order chi connectivity index (χ0) is 18.4. The molecule has 6 nitrogen and oxygen atoms in total. The van der Waals surface area contributed by atoms with Crippen molar-refractivity contribution >= 4 is 23.4 Å². The van der Waals surface area contributed by atoms with Gasteiger partial charge in [-0.1, -0.05) is 30.0 Å². The fourth-order valence-corrected chi connectivity index (χ4v) is 3.07. The van der Waals surface area contributed by atoms with Gasteiger partial charge in [-0.15, -0.1) is 10.2 Å². The van der Waals surface area contributed by atoms with E-state index in [1.54, 1.807) is 12.0 Å². The van der Waals surface area contributed by atoms with Crippen LogP contribution in [0.2, 0.25) is 0 Å². The maximum atomic E-state index is 12.5. The summed E-state index contributed by atoms with van der Waals surface area (Å²) in [4.78, 5) is 14.2. The zero-order valence-electron chi connectivity index (χ0n) is 14.6. The third-order valence-corrected chi connectivity index (χ3v) is 4.55. The summed E-state index contributed by atoms with van der Waals surface area (Å²) in [5, 5.41) is 8.42. The Bertz CT molecular complexity index is 850. The van der Waals surface area contributed by atoms with Crippen LogP contribution in [0.25, 0.3) is 11.5 Å². The summed E-state index contributed by atoms with van der Waals surface area (Å²) in [5.74, 6) is 1.40. The van der Waals surface area contributed by atoms with E-state index in [0.29, 0.717) is 17.7 Å². The van der Waals surface area contributed by atoms with E-state index in [-0.39, 0.29) is 11.7 Å². The number of hydrogen-bond donors (Lipinski definition) is 0. The standard InChI is InChI=1S/C19H19N3O3S/c1-3-22(15-7-5-4-6-8-15)17(23)13-26-19-21-20-18(25-19)14-9-11-16(24-2)12-10-14/h4-12H,3,13H2,1-2H3. The molecule has 0 saturated heterocycles. The molecule has 0 aliphatic carbocycles. The normalized spacial score (nSPS) is 10.5. The van der Waals surface area contributed by atoms with Gasteiger partial charge in [0.1, 0.15) is 5.75 Å². The van der Waals surface area contributed by atoms with Crippen molar-refractivity contribution in [2.24, 2.45) is 0 Å². The molecule has 134 valence electrons. The van der Waals surface area contributed by atoms with E-state index in [0.717, 1.165) is 17.0 Å². The topological polar surface area (TPSA) is 68.5 Å². The van der Waals surface area contributed by atoms with E-state index in [9.17, 15) is 4.79 Å². The average Bonchev–Trinajstić information content (AvgIpc) is 3.17. The van der Waals surface area contributed by atoms with Crippen molar-refractivity contribution in [1.82, 2.24) is 10.2 Å². The molecule has 0 unspecified atom stereocenters. The van der Waals surface area contributed by atoms with E-state index < -0.39 is 0 Å². The average molecular weight is 369 g/mol. The highest BCUT2D eigenvalue weighted by molar-refractivity contribution is 7.99. The first-order valence-corrected chi connectivity index (χ1v) is 9.16. The Balaban J connectivity index is 1.63. The lowest BCUT2D eigenvalue weighted by atomic mass is 10.2. The van der Waals surface area contributed by atoms with Gasteiger partial charge in [0, 0.05) is 17.8 Å². The van der Waals surface area contributed by atoms with Crippen molar-refractivity contribution in [3.8, 4) is 17.2 Å². The summed E-state index contributed by atoms with van der Waals surface area (Å²) in [6.45, 7) is 2.55. The lowest BCUT2D eigenvalue weighted by molar-refractivity contribution is -0.116. The van der Waals surface area contributed by atoms with Crippen molar-refractivity contribution in [1.29, 1.82) is 0 Å². The van der Waals surface area contributed by atoms with E-state index in [4.69, 9.17) is 9.15 Å². The molecule has 1 aromatic heterocycles. The molecular formula is C19H19N3O3S. The van der Waals surface area contributed by atoms with Crippen LogP contribution in [0.3, 0.4) is 0 Å². The largest absolute Gasteiger partial charge is 0.497 e. The Labute approximate surface area is 156 Å². The van der Waals surface area contributed by atoms with Gasteiger partial charge in [0.05, 0.1) is 12.9 Å². The van der Waals surface area contributed by atoms with Gasteiger partial charge in [-0.05, 0) is 43.3 Å². The number of carbonyl (C=O) groups excluding carboxylic acids is 1. The molecule has 0 fully saturated rings. The summed E-state index contributed by atoms with van der Waals surface area (Å²) in [6, 6.07) is 16.9. The molecule has 1 amide bonds. The first kappa shape index (κ1) is 18.0. The Morgan fingerprint density at radius 2 is 1.85 bits per heavy atom. The SMILES string of the molecule is CCN(C(=O)CSc1nnc(-c2ccc(OC)cc2)o1)c1ccccc1. The highest BCUT2D eigenvalue weighted by Gasteiger charge is 2.16. The van der Waals surface area contributed by atoms with Crippen molar-refractivity contribution in [3.05, 3.63) is 54.6 Å². The van der Waals surface area contributed by atoms with Crippen molar-refractivity contribution in [3.63, 3.8) is 0 Å². The van der Waals surface area contributed by atoms with Gasteiger partial charge in [-0.2, -0.15) is 0 Å². The number of rotatable bonds is 7. The maximum absolute atomic E-state index is 12.5. The highest BCUT2D eigenvalue weighted by Crippen LogP contribution is 2.25. The molecule has 0 bridgehead atoms. The molecule has 0 aliphatic rings. The second-order valence-electron chi connectivity index (χ2n) is 5.36. The van der Waals surface area contributed by atoms with Crippen LogP contribution in [-0.2, 0) is 4.79 Å². The molecule has 0 aliphatic heterocycles. The molecule has 0 N–H and O–H groups in total. The second kappa shape index (κ2) is 8.53. The van der Waals surface area contributed by atoms with Crippen LogP contribution in [0.1, 0.15) is 6.92 Å². The van der Waals surface area contributed by atoms with Gasteiger partial charge < -0.3 is 14.1 Å². The minimum atomic E-state index is -0.00658.